The molecular formula is C16H29ClN4O. The Balaban J connectivity index is 0.00000176. The third-order valence-electron chi connectivity index (χ3n) is 4.93. The zero-order chi connectivity index (χ0) is 14.9. The number of piperazine rings is 1. The van der Waals surface area contributed by atoms with Crippen LogP contribution in [0.25, 0.3) is 0 Å². The number of nitrogens with one attached hydrogen (secondary N) is 1. The van der Waals surface area contributed by atoms with E-state index in [2.05, 4.69) is 41.1 Å². The summed E-state index contributed by atoms with van der Waals surface area (Å²) in [6.07, 6.45) is 6.65. The molecule has 1 aliphatic heterocycles. The van der Waals surface area contributed by atoms with Crippen LogP contribution in [-0.4, -0.2) is 40.2 Å². The van der Waals surface area contributed by atoms with Gasteiger partial charge in [-0.15, -0.1) is 12.4 Å². The van der Waals surface area contributed by atoms with Gasteiger partial charge in [-0.25, -0.2) is 0 Å². The van der Waals surface area contributed by atoms with E-state index in [1.54, 1.807) is 0 Å². The first-order valence-electron chi connectivity index (χ1n) is 8.28. The van der Waals surface area contributed by atoms with Gasteiger partial charge < -0.3 is 9.84 Å². The van der Waals surface area contributed by atoms with Crippen LogP contribution in [0.15, 0.2) is 4.52 Å². The van der Waals surface area contributed by atoms with Crippen molar-refractivity contribution in [2.75, 3.05) is 19.6 Å². The van der Waals surface area contributed by atoms with Crippen molar-refractivity contribution < 1.29 is 4.52 Å². The molecule has 0 radical (unpaired) electrons. The topological polar surface area (TPSA) is 54.2 Å². The molecule has 0 bridgehead atoms. The van der Waals surface area contributed by atoms with Crippen molar-refractivity contribution in [3.05, 3.63) is 11.7 Å². The first-order chi connectivity index (χ1) is 10.00. The first kappa shape index (κ1) is 17.7. The lowest BCUT2D eigenvalue weighted by molar-refractivity contribution is 0.0135. The van der Waals surface area contributed by atoms with E-state index < -0.39 is 0 Å². The summed E-state index contributed by atoms with van der Waals surface area (Å²) in [4.78, 5) is 7.20. The minimum atomic E-state index is -0.0479. The molecule has 1 spiro atoms. The summed E-state index contributed by atoms with van der Waals surface area (Å²) in [5.74, 6) is 1.58. The van der Waals surface area contributed by atoms with Gasteiger partial charge in [0.15, 0.2) is 5.82 Å². The van der Waals surface area contributed by atoms with Crippen LogP contribution >= 0.6 is 12.4 Å². The molecule has 2 fully saturated rings. The van der Waals surface area contributed by atoms with Crippen LogP contribution in [0.1, 0.15) is 64.6 Å². The highest BCUT2D eigenvalue weighted by Gasteiger charge is 2.40. The zero-order valence-electron chi connectivity index (χ0n) is 14.0. The molecular weight excluding hydrogens is 300 g/mol. The number of hydrogen-bond acceptors (Lipinski definition) is 5. The monoisotopic (exact) mass is 328 g/mol. The molecule has 1 aliphatic carbocycles. The van der Waals surface area contributed by atoms with Crippen LogP contribution in [0.2, 0.25) is 0 Å². The molecule has 1 N–H and O–H groups in total. The zero-order valence-corrected chi connectivity index (χ0v) is 14.8. The van der Waals surface area contributed by atoms with Crippen LogP contribution in [-0.2, 0) is 12.0 Å². The lowest BCUT2D eigenvalue weighted by atomic mass is 9.79. The molecule has 1 saturated carbocycles. The summed E-state index contributed by atoms with van der Waals surface area (Å²) in [7, 11) is 0. The number of rotatable bonds is 2. The van der Waals surface area contributed by atoms with Crippen molar-refractivity contribution in [3.8, 4) is 0 Å². The van der Waals surface area contributed by atoms with Gasteiger partial charge in [0.1, 0.15) is 0 Å². The Hall–Kier alpha value is -0.650. The molecule has 0 amide bonds. The van der Waals surface area contributed by atoms with Crippen LogP contribution < -0.4 is 5.32 Å². The minimum Gasteiger partial charge on any atom is -0.338 e. The van der Waals surface area contributed by atoms with Crippen molar-refractivity contribution >= 4 is 12.4 Å². The normalized spacial score (nSPS) is 22.5. The average Bonchev–Trinajstić information content (AvgIpc) is 2.91. The van der Waals surface area contributed by atoms with E-state index in [0.717, 1.165) is 37.9 Å². The Morgan fingerprint density at radius 1 is 1.23 bits per heavy atom. The quantitative estimate of drug-likeness (QED) is 0.904. The highest BCUT2D eigenvalue weighted by molar-refractivity contribution is 5.85. The minimum absolute atomic E-state index is 0. The van der Waals surface area contributed by atoms with Crippen LogP contribution in [0.5, 0.6) is 0 Å². The predicted octanol–water partition coefficient (Wildman–Crippen LogP) is 2.90. The summed E-state index contributed by atoms with van der Waals surface area (Å²) < 4.78 is 5.50. The van der Waals surface area contributed by atoms with Crippen molar-refractivity contribution in [2.24, 2.45) is 0 Å². The lowest BCUT2D eigenvalue weighted by Gasteiger charge is -2.49. The molecule has 1 aromatic rings. The summed E-state index contributed by atoms with van der Waals surface area (Å²) in [5, 5.41) is 7.74. The van der Waals surface area contributed by atoms with Gasteiger partial charge in [-0.2, -0.15) is 4.98 Å². The Labute approximate surface area is 139 Å². The maximum Gasteiger partial charge on any atom is 0.240 e. The molecule has 0 unspecified atom stereocenters. The van der Waals surface area contributed by atoms with E-state index in [4.69, 9.17) is 4.52 Å². The van der Waals surface area contributed by atoms with Crippen LogP contribution in [0, 0.1) is 0 Å². The summed E-state index contributed by atoms with van der Waals surface area (Å²) in [6.45, 7) is 10.4. The van der Waals surface area contributed by atoms with E-state index in [9.17, 15) is 0 Å². The lowest BCUT2D eigenvalue weighted by Crippen LogP contribution is -2.61. The fourth-order valence-corrected chi connectivity index (χ4v) is 3.62. The van der Waals surface area contributed by atoms with Gasteiger partial charge in [-0.3, -0.25) is 4.90 Å². The fraction of sp³-hybridized carbons (Fsp3) is 0.875. The number of aromatic nitrogens is 2. The van der Waals surface area contributed by atoms with Crippen LogP contribution in [0.3, 0.4) is 0 Å². The fourth-order valence-electron chi connectivity index (χ4n) is 3.62. The largest absolute Gasteiger partial charge is 0.338 e. The third kappa shape index (κ3) is 3.63. The molecule has 0 atom stereocenters. The molecule has 1 aromatic heterocycles. The van der Waals surface area contributed by atoms with E-state index in [1.165, 1.54) is 32.1 Å². The highest BCUT2D eigenvalue weighted by atomic mass is 35.5. The summed E-state index contributed by atoms with van der Waals surface area (Å²) >= 11 is 0. The number of nitrogens with zero attached hydrogens (tertiary/aromatic N) is 3. The van der Waals surface area contributed by atoms with Crippen molar-refractivity contribution in [1.82, 2.24) is 20.4 Å². The Kier molecular flexibility index (Phi) is 5.51. The molecule has 5 nitrogen and oxygen atoms in total. The first-order valence-corrected chi connectivity index (χ1v) is 8.28. The van der Waals surface area contributed by atoms with E-state index in [-0.39, 0.29) is 17.8 Å². The standard InChI is InChI=1S/C16H28N4O.ClH/c1-15(2,3)14-18-13(21-19-14)11-20-10-9-17-12-16(20)7-5-4-6-8-16;/h17H,4-12H2,1-3H3;1H. The Morgan fingerprint density at radius 3 is 2.59 bits per heavy atom. The molecule has 2 aliphatic rings. The Morgan fingerprint density at radius 2 is 1.95 bits per heavy atom. The molecule has 126 valence electrons. The van der Waals surface area contributed by atoms with Crippen LogP contribution in [0.4, 0.5) is 0 Å². The Bertz CT molecular complexity index is 468. The van der Waals surface area contributed by atoms with Gasteiger partial charge in [0.2, 0.25) is 5.89 Å². The van der Waals surface area contributed by atoms with Gasteiger partial charge in [0.25, 0.3) is 0 Å². The van der Waals surface area contributed by atoms with E-state index in [1.807, 2.05) is 0 Å². The third-order valence-corrected chi connectivity index (χ3v) is 4.93. The second kappa shape index (κ2) is 6.85. The van der Waals surface area contributed by atoms with Crippen molar-refractivity contribution in [2.45, 2.75) is 70.4 Å². The SMILES string of the molecule is CC(C)(C)c1noc(CN2CCNCC23CCCCC3)n1.Cl. The maximum atomic E-state index is 5.50. The van der Waals surface area contributed by atoms with Gasteiger partial charge >= 0.3 is 0 Å². The second-order valence-corrected chi connectivity index (χ2v) is 7.65. The van der Waals surface area contributed by atoms with Crippen molar-refractivity contribution in [3.63, 3.8) is 0 Å². The smallest absolute Gasteiger partial charge is 0.240 e. The molecule has 2 heterocycles. The molecule has 6 heteroatoms. The molecule has 3 rings (SSSR count). The summed E-state index contributed by atoms with van der Waals surface area (Å²) in [5.41, 5.74) is 0.264. The predicted molar refractivity (Wildman–Crippen MR) is 89.3 cm³/mol. The van der Waals surface area contributed by atoms with Gasteiger partial charge in [-0.1, -0.05) is 45.2 Å². The van der Waals surface area contributed by atoms with Gasteiger partial charge in [0, 0.05) is 30.6 Å². The number of halogens is 1. The number of hydrogen-bond donors (Lipinski definition) is 1. The van der Waals surface area contributed by atoms with E-state index in [0.29, 0.717) is 5.54 Å². The second-order valence-electron chi connectivity index (χ2n) is 7.65. The summed E-state index contributed by atoms with van der Waals surface area (Å²) in [6, 6.07) is 0. The van der Waals surface area contributed by atoms with Gasteiger partial charge in [-0.05, 0) is 12.8 Å². The molecule has 22 heavy (non-hydrogen) atoms. The van der Waals surface area contributed by atoms with Gasteiger partial charge in [0.05, 0.1) is 6.54 Å². The molecule has 1 saturated heterocycles. The van der Waals surface area contributed by atoms with E-state index >= 15 is 0 Å². The van der Waals surface area contributed by atoms with Crippen molar-refractivity contribution in [1.29, 1.82) is 0 Å². The highest BCUT2D eigenvalue weighted by Crippen LogP contribution is 2.35. The maximum absolute atomic E-state index is 5.50. The molecule has 0 aromatic carbocycles. The average molecular weight is 329 g/mol.